The summed E-state index contributed by atoms with van der Waals surface area (Å²) in [5.74, 6) is 2.76. The molecule has 0 aromatic carbocycles. The van der Waals surface area contributed by atoms with Crippen LogP contribution in [0.4, 0.5) is 0 Å². The van der Waals surface area contributed by atoms with Crippen LogP contribution < -0.4 is 0 Å². The zero-order valence-corrected chi connectivity index (χ0v) is 25.3. The molecule has 2 nitrogen and oxygen atoms in total. The number of likely N-dealkylation sites (tertiary alicyclic amines) is 1. The van der Waals surface area contributed by atoms with Crippen LogP contribution in [0.2, 0.25) is 0 Å². The van der Waals surface area contributed by atoms with Crippen molar-refractivity contribution in [2.75, 3.05) is 13.1 Å². The molecule has 0 aromatic rings. The van der Waals surface area contributed by atoms with Gasteiger partial charge in [-0.2, -0.15) is 0 Å². The van der Waals surface area contributed by atoms with Gasteiger partial charge in [0.05, 0.1) is 0 Å². The Kier molecular flexibility index (Phi) is 16.4. The molecule has 2 unspecified atom stereocenters. The summed E-state index contributed by atoms with van der Waals surface area (Å²) in [6, 6.07) is 0. The first kappa shape index (κ1) is 31.7. The van der Waals surface area contributed by atoms with Crippen molar-refractivity contribution in [1.82, 2.24) is 4.90 Å². The average Bonchev–Trinajstić information content (AvgIpc) is 2.87. The molecule has 1 aliphatic carbocycles. The van der Waals surface area contributed by atoms with Gasteiger partial charge in [-0.05, 0) is 62.2 Å². The summed E-state index contributed by atoms with van der Waals surface area (Å²) >= 11 is 0. The van der Waals surface area contributed by atoms with Crippen LogP contribution in [0.5, 0.6) is 0 Å². The van der Waals surface area contributed by atoms with Gasteiger partial charge in [0.25, 0.3) is 0 Å². The Morgan fingerprint density at radius 1 is 0.667 bits per heavy atom. The summed E-state index contributed by atoms with van der Waals surface area (Å²) in [4.78, 5) is 15.7. The molecule has 0 N–H and O–H groups in total. The summed E-state index contributed by atoms with van der Waals surface area (Å²) < 4.78 is 0. The zero-order chi connectivity index (χ0) is 26.1. The van der Waals surface area contributed by atoms with Crippen molar-refractivity contribution in [3.8, 4) is 0 Å². The molecule has 1 saturated carbocycles. The summed E-state index contributed by atoms with van der Waals surface area (Å²) in [7, 11) is 0. The van der Waals surface area contributed by atoms with Crippen molar-refractivity contribution in [2.45, 2.75) is 175 Å². The van der Waals surface area contributed by atoms with Gasteiger partial charge < -0.3 is 4.90 Å². The van der Waals surface area contributed by atoms with E-state index in [0.717, 1.165) is 37.8 Å². The average molecular weight is 504 g/mol. The number of nitrogens with zero attached hydrogens (tertiary/aromatic N) is 1. The predicted molar refractivity (Wildman–Crippen MR) is 158 cm³/mol. The third-order valence-electron chi connectivity index (χ3n) is 9.84. The van der Waals surface area contributed by atoms with Crippen LogP contribution in [-0.2, 0) is 4.79 Å². The van der Waals surface area contributed by atoms with E-state index in [9.17, 15) is 4.79 Å². The van der Waals surface area contributed by atoms with E-state index in [4.69, 9.17) is 0 Å². The minimum absolute atomic E-state index is 0.298. The van der Waals surface area contributed by atoms with Crippen LogP contribution in [-0.4, -0.2) is 23.9 Å². The van der Waals surface area contributed by atoms with E-state index in [0.29, 0.717) is 17.2 Å². The quantitative estimate of drug-likeness (QED) is 0.143. The number of rotatable bonds is 21. The maximum atomic E-state index is 13.4. The predicted octanol–water partition coefficient (Wildman–Crippen LogP) is 10.7. The summed E-state index contributed by atoms with van der Waals surface area (Å²) in [5.41, 5.74) is 0.594. The lowest BCUT2D eigenvalue weighted by Gasteiger charge is -2.53. The van der Waals surface area contributed by atoms with Crippen LogP contribution in [0, 0.1) is 23.2 Å². The van der Waals surface area contributed by atoms with Gasteiger partial charge in [-0.3, -0.25) is 4.79 Å². The van der Waals surface area contributed by atoms with E-state index < -0.39 is 0 Å². The molecule has 0 aromatic heterocycles. The molecule has 0 bridgehead atoms. The van der Waals surface area contributed by atoms with Gasteiger partial charge in [0, 0.05) is 19.0 Å². The summed E-state index contributed by atoms with van der Waals surface area (Å²) in [5, 5.41) is 0. The Hall–Kier alpha value is -0.530. The number of carbonyl (C=O) groups excluding carboxylic acids is 1. The van der Waals surface area contributed by atoms with Crippen LogP contribution in [0.1, 0.15) is 175 Å². The minimum atomic E-state index is 0.298. The number of carbonyl (C=O) groups is 1. The second-order valence-corrected chi connectivity index (χ2v) is 13.1. The zero-order valence-electron chi connectivity index (χ0n) is 25.3. The number of unbranched alkanes of at least 4 members (excludes halogenated alkanes) is 10. The van der Waals surface area contributed by atoms with Gasteiger partial charge in [-0.25, -0.2) is 0 Å². The van der Waals surface area contributed by atoms with E-state index in [1.165, 1.54) is 135 Å². The number of hydrogen-bond donors (Lipinski definition) is 0. The third-order valence-corrected chi connectivity index (χ3v) is 9.84. The van der Waals surface area contributed by atoms with E-state index in [-0.39, 0.29) is 0 Å². The number of amides is 1. The third kappa shape index (κ3) is 11.5. The first-order valence-corrected chi connectivity index (χ1v) is 16.9. The molecule has 2 fully saturated rings. The van der Waals surface area contributed by atoms with E-state index in [2.05, 4.69) is 32.6 Å². The first-order chi connectivity index (χ1) is 17.6. The summed E-state index contributed by atoms with van der Waals surface area (Å²) in [6.45, 7) is 11.3. The topological polar surface area (TPSA) is 20.3 Å². The van der Waals surface area contributed by atoms with Crippen molar-refractivity contribution >= 4 is 5.91 Å². The molecule has 1 heterocycles. The Labute approximate surface area is 227 Å². The molecule has 2 atom stereocenters. The number of piperidine rings is 1. The molecular formula is C34H65NO. The Morgan fingerprint density at radius 3 is 1.75 bits per heavy atom. The standard InChI is InChI=1S/C34H65NO/c1-5-9-13-15-18-22-32(21-12-8-4)33(36)35-25-23-34(24-26-35)28-31(29-34)27-30(19-16-11-7-3)20-17-14-10-6-2/h30-32H,5-29H2,1-4H3. The van der Waals surface area contributed by atoms with Crippen LogP contribution in [0.25, 0.3) is 0 Å². The second kappa shape index (κ2) is 18.7. The van der Waals surface area contributed by atoms with Crippen molar-refractivity contribution in [1.29, 1.82) is 0 Å². The van der Waals surface area contributed by atoms with E-state index in [1.54, 1.807) is 0 Å². The highest BCUT2D eigenvalue weighted by Crippen LogP contribution is 2.55. The molecule has 212 valence electrons. The molecule has 2 rings (SSSR count). The largest absolute Gasteiger partial charge is 0.342 e. The highest BCUT2D eigenvalue weighted by atomic mass is 16.2. The molecule has 1 aliphatic heterocycles. The maximum absolute atomic E-state index is 13.4. The fourth-order valence-corrected chi connectivity index (χ4v) is 7.43. The molecule has 1 amide bonds. The van der Waals surface area contributed by atoms with Crippen molar-refractivity contribution in [3.63, 3.8) is 0 Å². The van der Waals surface area contributed by atoms with Gasteiger partial charge >= 0.3 is 0 Å². The monoisotopic (exact) mass is 504 g/mol. The molecule has 0 radical (unpaired) electrons. The molecule has 1 spiro atoms. The smallest absolute Gasteiger partial charge is 0.225 e. The fourth-order valence-electron chi connectivity index (χ4n) is 7.43. The van der Waals surface area contributed by atoms with Gasteiger partial charge in [0.1, 0.15) is 0 Å². The molecule has 1 saturated heterocycles. The van der Waals surface area contributed by atoms with Crippen molar-refractivity contribution in [3.05, 3.63) is 0 Å². The van der Waals surface area contributed by atoms with Crippen LogP contribution in [0.15, 0.2) is 0 Å². The lowest BCUT2D eigenvalue weighted by atomic mass is 9.55. The van der Waals surface area contributed by atoms with Gasteiger partial charge in [0.2, 0.25) is 5.91 Å². The Balaban J connectivity index is 1.74. The number of hydrogen-bond acceptors (Lipinski definition) is 1. The normalized spacial score (nSPS) is 19.4. The lowest BCUT2D eigenvalue weighted by molar-refractivity contribution is -0.140. The highest BCUT2D eigenvalue weighted by molar-refractivity contribution is 5.79. The molecule has 2 aliphatic rings. The highest BCUT2D eigenvalue weighted by Gasteiger charge is 2.46. The van der Waals surface area contributed by atoms with Crippen molar-refractivity contribution < 1.29 is 4.79 Å². The van der Waals surface area contributed by atoms with Crippen molar-refractivity contribution in [2.24, 2.45) is 23.2 Å². The molecule has 2 heteroatoms. The van der Waals surface area contributed by atoms with Gasteiger partial charge in [-0.1, -0.05) is 130 Å². The Morgan fingerprint density at radius 2 is 1.14 bits per heavy atom. The summed E-state index contributed by atoms with van der Waals surface area (Å²) in [6.07, 6.45) is 31.0. The lowest BCUT2D eigenvalue weighted by Crippen LogP contribution is -2.50. The van der Waals surface area contributed by atoms with E-state index >= 15 is 0 Å². The minimum Gasteiger partial charge on any atom is -0.342 e. The first-order valence-electron chi connectivity index (χ1n) is 16.9. The maximum Gasteiger partial charge on any atom is 0.225 e. The molecule has 36 heavy (non-hydrogen) atoms. The Bertz CT molecular complexity index is 541. The van der Waals surface area contributed by atoms with Crippen LogP contribution >= 0.6 is 0 Å². The second-order valence-electron chi connectivity index (χ2n) is 13.1. The molecular weight excluding hydrogens is 438 g/mol. The van der Waals surface area contributed by atoms with Crippen LogP contribution in [0.3, 0.4) is 0 Å². The fraction of sp³-hybridized carbons (Fsp3) is 0.971. The SMILES string of the molecule is CCCCCCCC(CCCC)C(=O)N1CCC2(CC1)CC(CC(CCCCC)CCCCCC)C2. The van der Waals surface area contributed by atoms with Gasteiger partial charge in [0.15, 0.2) is 0 Å². The van der Waals surface area contributed by atoms with E-state index in [1.807, 2.05) is 0 Å². The van der Waals surface area contributed by atoms with Gasteiger partial charge in [-0.15, -0.1) is 0 Å².